The minimum atomic E-state index is 0.133. The fourth-order valence-electron chi connectivity index (χ4n) is 0.747. The summed E-state index contributed by atoms with van der Waals surface area (Å²) in [6.45, 7) is 0.980. The number of rotatable bonds is 0. The van der Waals surface area contributed by atoms with Gasteiger partial charge in [0.15, 0.2) is 0 Å². The molecule has 0 N–H and O–H groups in total. The molecule has 1 nitrogen and oxygen atoms in total. The predicted octanol–water partition coefficient (Wildman–Crippen LogP) is 1.34. The van der Waals surface area contributed by atoms with Gasteiger partial charge in [0.2, 0.25) is 0 Å². The van der Waals surface area contributed by atoms with Crippen molar-refractivity contribution in [3.8, 4) is 0 Å². The van der Waals surface area contributed by atoms with E-state index in [0.717, 1.165) is 13.0 Å². The van der Waals surface area contributed by atoms with Crippen molar-refractivity contribution in [3.63, 3.8) is 0 Å². The van der Waals surface area contributed by atoms with Crippen LogP contribution in [0.15, 0.2) is 0 Å². The zero-order valence-electron chi connectivity index (χ0n) is 4.23. The molecule has 1 aliphatic rings. The Kier molecular flexibility index (Phi) is 1.95. The number of nitrogens with zero attached hydrogens (tertiary/aromatic N) is 1. The Hall–Kier alpha value is 0.250. The molecule has 0 spiro atoms. The Morgan fingerprint density at radius 3 is 2.57 bits per heavy atom. The molecule has 1 heterocycles. The Morgan fingerprint density at radius 1 is 1.43 bits per heavy atom. The second kappa shape index (κ2) is 2.53. The molecule has 0 aromatic heterocycles. The zero-order chi connectivity index (χ0) is 5.11. The maximum absolute atomic E-state index is 5.65. The molecule has 0 aromatic rings. The van der Waals surface area contributed by atoms with Gasteiger partial charge in [0, 0.05) is 6.54 Å². The van der Waals surface area contributed by atoms with E-state index in [4.69, 9.17) is 11.6 Å². The van der Waals surface area contributed by atoms with Crippen LogP contribution in [0.5, 0.6) is 0 Å². The molecule has 41 valence electrons. The summed E-state index contributed by atoms with van der Waals surface area (Å²) >= 11 is 5.65. The third-order valence-corrected chi connectivity index (χ3v) is 1.53. The fourth-order valence-corrected chi connectivity index (χ4v) is 0.999. The minimum Gasteiger partial charge on any atom is -0.222 e. The summed E-state index contributed by atoms with van der Waals surface area (Å²) in [6.07, 6.45) is 3.59. The summed E-state index contributed by atoms with van der Waals surface area (Å²) in [5.74, 6) is 0. The summed E-state index contributed by atoms with van der Waals surface area (Å²) < 4.78 is 0. The van der Waals surface area contributed by atoms with Crippen LogP contribution < -0.4 is 5.32 Å². The second-order valence-corrected chi connectivity index (χ2v) is 2.34. The van der Waals surface area contributed by atoms with Gasteiger partial charge in [-0.3, -0.25) is 0 Å². The van der Waals surface area contributed by atoms with Crippen LogP contribution in [0.25, 0.3) is 0 Å². The van der Waals surface area contributed by atoms with Crippen molar-refractivity contribution in [3.05, 3.63) is 0 Å². The van der Waals surface area contributed by atoms with Gasteiger partial charge in [-0.2, -0.15) is 0 Å². The molecule has 7 heavy (non-hydrogen) atoms. The lowest BCUT2D eigenvalue weighted by atomic mass is 10.2. The van der Waals surface area contributed by atoms with Crippen molar-refractivity contribution in [2.45, 2.75) is 24.8 Å². The highest BCUT2D eigenvalue weighted by atomic mass is 35.5. The Morgan fingerprint density at radius 2 is 2.29 bits per heavy atom. The Balaban J connectivity index is 2.12. The summed E-state index contributed by atoms with van der Waals surface area (Å²) in [5, 5.41) is 4.10. The first kappa shape index (κ1) is 5.39. The summed E-state index contributed by atoms with van der Waals surface area (Å²) in [7, 11) is 0. The predicted molar refractivity (Wildman–Crippen MR) is 30.5 cm³/mol. The van der Waals surface area contributed by atoms with Crippen LogP contribution in [0.2, 0.25) is 0 Å². The standard InChI is InChI=1S/C5H9ClN/c6-5-3-1-2-4-7-5/h5H,1-4H2. The fraction of sp³-hybridized carbons (Fsp3) is 1.00. The van der Waals surface area contributed by atoms with Gasteiger partial charge in [-0.05, 0) is 19.3 Å². The van der Waals surface area contributed by atoms with Crippen molar-refractivity contribution in [2.75, 3.05) is 6.54 Å². The smallest absolute Gasteiger partial charge is 0.0984 e. The molecular formula is C5H9ClN. The van der Waals surface area contributed by atoms with Crippen LogP contribution in [0.3, 0.4) is 0 Å². The molecule has 1 saturated heterocycles. The maximum Gasteiger partial charge on any atom is 0.0984 e. The molecule has 2 heteroatoms. The van der Waals surface area contributed by atoms with Gasteiger partial charge in [0.05, 0.1) is 5.50 Å². The van der Waals surface area contributed by atoms with Gasteiger partial charge in [0.1, 0.15) is 0 Å². The monoisotopic (exact) mass is 118 g/mol. The SMILES string of the molecule is ClC1CCCC[N]1. The van der Waals surface area contributed by atoms with E-state index < -0.39 is 0 Å². The van der Waals surface area contributed by atoms with E-state index in [9.17, 15) is 0 Å². The van der Waals surface area contributed by atoms with Crippen molar-refractivity contribution in [2.24, 2.45) is 0 Å². The van der Waals surface area contributed by atoms with E-state index in [1.807, 2.05) is 0 Å². The summed E-state index contributed by atoms with van der Waals surface area (Å²) in [4.78, 5) is 0. The van der Waals surface area contributed by atoms with E-state index in [-0.39, 0.29) is 5.50 Å². The number of alkyl halides is 1. The molecule has 0 saturated carbocycles. The normalized spacial score (nSPS) is 33.0. The molecule has 0 aromatic carbocycles. The first-order valence-corrected chi connectivity index (χ1v) is 3.14. The first-order valence-electron chi connectivity index (χ1n) is 2.70. The first-order chi connectivity index (χ1) is 3.39. The largest absolute Gasteiger partial charge is 0.222 e. The number of hydrogen-bond donors (Lipinski definition) is 0. The molecular weight excluding hydrogens is 110 g/mol. The van der Waals surface area contributed by atoms with Gasteiger partial charge < -0.3 is 0 Å². The number of piperidine rings is 1. The average molecular weight is 119 g/mol. The quantitative estimate of drug-likeness (QED) is 0.337. The van der Waals surface area contributed by atoms with Gasteiger partial charge in [-0.1, -0.05) is 0 Å². The summed E-state index contributed by atoms with van der Waals surface area (Å²) in [6, 6.07) is 0. The topological polar surface area (TPSA) is 14.1 Å². The van der Waals surface area contributed by atoms with Gasteiger partial charge in [-0.25, -0.2) is 5.32 Å². The number of hydrogen-bond acceptors (Lipinski definition) is 0. The van der Waals surface area contributed by atoms with Crippen LogP contribution in [-0.4, -0.2) is 12.0 Å². The molecule has 1 aliphatic heterocycles. The van der Waals surface area contributed by atoms with Crippen molar-refractivity contribution in [1.82, 2.24) is 5.32 Å². The van der Waals surface area contributed by atoms with Crippen molar-refractivity contribution >= 4 is 11.6 Å². The van der Waals surface area contributed by atoms with Crippen LogP contribution in [0.1, 0.15) is 19.3 Å². The lowest BCUT2D eigenvalue weighted by Gasteiger charge is -2.13. The highest BCUT2D eigenvalue weighted by molar-refractivity contribution is 6.20. The van der Waals surface area contributed by atoms with E-state index in [2.05, 4.69) is 5.32 Å². The van der Waals surface area contributed by atoms with Gasteiger partial charge in [-0.15, -0.1) is 11.6 Å². The molecule has 1 rings (SSSR count). The van der Waals surface area contributed by atoms with Crippen LogP contribution in [0.4, 0.5) is 0 Å². The van der Waals surface area contributed by atoms with Crippen molar-refractivity contribution in [1.29, 1.82) is 0 Å². The molecule has 0 bridgehead atoms. The van der Waals surface area contributed by atoms with E-state index in [0.29, 0.717) is 0 Å². The van der Waals surface area contributed by atoms with Crippen LogP contribution in [0, 0.1) is 0 Å². The Bertz CT molecular complexity index is 50.0. The van der Waals surface area contributed by atoms with Crippen LogP contribution in [-0.2, 0) is 0 Å². The lowest BCUT2D eigenvalue weighted by Crippen LogP contribution is -2.21. The molecule has 1 unspecified atom stereocenters. The van der Waals surface area contributed by atoms with Crippen molar-refractivity contribution < 1.29 is 0 Å². The third kappa shape index (κ3) is 1.66. The van der Waals surface area contributed by atoms with E-state index >= 15 is 0 Å². The molecule has 1 atom stereocenters. The maximum atomic E-state index is 5.65. The van der Waals surface area contributed by atoms with Crippen LogP contribution >= 0.6 is 11.6 Å². The Labute approximate surface area is 49.0 Å². The van der Waals surface area contributed by atoms with E-state index in [1.54, 1.807) is 0 Å². The summed E-state index contributed by atoms with van der Waals surface area (Å²) in [5.41, 5.74) is 0.133. The zero-order valence-corrected chi connectivity index (χ0v) is 4.99. The molecule has 1 fully saturated rings. The minimum absolute atomic E-state index is 0.133. The molecule has 1 radical (unpaired) electrons. The van der Waals surface area contributed by atoms with Gasteiger partial charge in [0.25, 0.3) is 0 Å². The molecule has 0 aliphatic carbocycles. The molecule has 0 amide bonds. The second-order valence-electron chi connectivity index (χ2n) is 1.84. The lowest BCUT2D eigenvalue weighted by molar-refractivity contribution is 0.477. The average Bonchev–Trinajstić information content (AvgIpc) is 1.69. The number of halogens is 1. The highest BCUT2D eigenvalue weighted by Crippen LogP contribution is 2.10. The van der Waals surface area contributed by atoms with Gasteiger partial charge >= 0.3 is 0 Å². The van der Waals surface area contributed by atoms with E-state index in [1.165, 1.54) is 12.8 Å². The third-order valence-electron chi connectivity index (χ3n) is 1.18. The highest BCUT2D eigenvalue weighted by Gasteiger charge is 2.08.